The molecule has 2 aromatic carbocycles. The van der Waals surface area contributed by atoms with Gasteiger partial charge in [0, 0.05) is 12.1 Å². The van der Waals surface area contributed by atoms with Gasteiger partial charge in [-0.05, 0) is 74.3 Å². The van der Waals surface area contributed by atoms with Gasteiger partial charge in [-0.15, -0.1) is 0 Å². The van der Waals surface area contributed by atoms with Gasteiger partial charge in [-0.2, -0.15) is 0 Å². The Morgan fingerprint density at radius 1 is 0.920 bits per heavy atom. The van der Waals surface area contributed by atoms with E-state index in [1.165, 1.54) is 32.4 Å². The molecule has 1 fully saturated rings. The number of carbonyl (C=O) groups is 1. The third-order valence-corrected chi connectivity index (χ3v) is 4.73. The summed E-state index contributed by atoms with van der Waals surface area (Å²) in [6.45, 7) is 4.19. The number of hydrogen-bond acceptors (Lipinski definition) is 3. The smallest absolute Gasteiger partial charge is 0.251 e. The van der Waals surface area contributed by atoms with E-state index in [1.54, 1.807) is 12.1 Å². The number of rotatable bonds is 6. The largest absolute Gasteiger partial charge is 0.508 e. The fourth-order valence-electron chi connectivity index (χ4n) is 3.26. The zero-order chi connectivity index (χ0) is 17.5. The van der Waals surface area contributed by atoms with Gasteiger partial charge in [0.25, 0.3) is 5.91 Å². The Morgan fingerprint density at radius 2 is 1.52 bits per heavy atom. The first kappa shape index (κ1) is 17.5. The first-order valence-corrected chi connectivity index (χ1v) is 9.12. The average Bonchev–Trinajstić information content (AvgIpc) is 2.67. The monoisotopic (exact) mass is 338 g/mol. The minimum atomic E-state index is -0.0177. The quantitative estimate of drug-likeness (QED) is 0.790. The highest BCUT2D eigenvalue weighted by Gasteiger charge is 2.10. The number of phenolic OH excluding ortho intramolecular Hbond substituents is 1. The number of hydrogen-bond donors (Lipinski definition) is 2. The molecule has 0 aromatic heterocycles. The van der Waals surface area contributed by atoms with Gasteiger partial charge in [0.05, 0.1) is 0 Å². The number of piperidine rings is 1. The summed E-state index contributed by atoms with van der Waals surface area (Å²) in [5, 5.41) is 12.4. The fourth-order valence-corrected chi connectivity index (χ4v) is 3.26. The number of nitrogens with zero attached hydrogens (tertiary/aromatic N) is 1. The molecule has 25 heavy (non-hydrogen) atoms. The highest BCUT2D eigenvalue weighted by atomic mass is 16.3. The number of aromatic hydroxyl groups is 1. The zero-order valence-electron chi connectivity index (χ0n) is 14.6. The van der Waals surface area contributed by atoms with Gasteiger partial charge in [-0.1, -0.05) is 30.7 Å². The van der Waals surface area contributed by atoms with Crippen LogP contribution in [0.5, 0.6) is 5.75 Å². The molecule has 2 N–H and O–H groups in total. The van der Waals surface area contributed by atoms with Crippen LogP contribution in [0.25, 0.3) is 11.1 Å². The number of amides is 1. The highest BCUT2D eigenvalue weighted by Crippen LogP contribution is 2.22. The minimum absolute atomic E-state index is 0.0177. The van der Waals surface area contributed by atoms with E-state index in [-0.39, 0.29) is 11.7 Å². The van der Waals surface area contributed by atoms with Crippen LogP contribution in [0.2, 0.25) is 0 Å². The Kier molecular flexibility index (Phi) is 6.07. The third-order valence-electron chi connectivity index (χ3n) is 4.73. The van der Waals surface area contributed by atoms with Crippen molar-refractivity contribution in [2.75, 3.05) is 26.2 Å². The van der Waals surface area contributed by atoms with Gasteiger partial charge < -0.3 is 15.3 Å². The van der Waals surface area contributed by atoms with Crippen LogP contribution >= 0.6 is 0 Å². The molecule has 4 nitrogen and oxygen atoms in total. The van der Waals surface area contributed by atoms with Crippen LogP contribution in [0, 0.1) is 0 Å². The lowest BCUT2D eigenvalue weighted by Gasteiger charge is -2.26. The Hall–Kier alpha value is -2.33. The van der Waals surface area contributed by atoms with E-state index in [0.717, 1.165) is 30.6 Å². The van der Waals surface area contributed by atoms with Crippen molar-refractivity contribution >= 4 is 5.91 Å². The molecule has 1 aliphatic heterocycles. The molecule has 132 valence electrons. The molecule has 0 atom stereocenters. The maximum Gasteiger partial charge on any atom is 0.251 e. The molecule has 0 bridgehead atoms. The van der Waals surface area contributed by atoms with Crippen molar-refractivity contribution in [1.82, 2.24) is 10.2 Å². The summed E-state index contributed by atoms with van der Waals surface area (Å²) in [5.41, 5.74) is 2.73. The summed E-state index contributed by atoms with van der Waals surface area (Å²) in [5.74, 6) is 0.236. The minimum Gasteiger partial charge on any atom is -0.508 e. The van der Waals surface area contributed by atoms with Crippen molar-refractivity contribution in [3.8, 4) is 16.9 Å². The van der Waals surface area contributed by atoms with Crippen LogP contribution in [0.15, 0.2) is 48.5 Å². The predicted octanol–water partition coefficient (Wildman–Crippen LogP) is 3.67. The van der Waals surface area contributed by atoms with Gasteiger partial charge in [0.15, 0.2) is 0 Å². The highest BCUT2D eigenvalue weighted by molar-refractivity contribution is 5.94. The maximum absolute atomic E-state index is 12.2. The van der Waals surface area contributed by atoms with Crippen LogP contribution < -0.4 is 5.32 Å². The Bertz CT molecular complexity index is 674. The maximum atomic E-state index is 12.2. The second kappa shape index (κ2) is 8.67. The summed E-state index contributed by atoms with van der Waals surface area (Å²) in [7, 11) is 0. The summed E-state index contributed by atoms with van der Waals surface area (Å²) in [4.78, 5) is 14.7. The van der Waals surface area contributed by atoms with Gasteiger partial charge in [0.1, 0.15) is 5.75 Å². The second-order valence-electron chi connectivity index (χ2n) is 6.64. The topological polar surface area (TPSA) is 52.6 Å². The molecule has 0 unspecified atom stereocenters. The van der Waals surface area contributed by atoms with Crippen molar-refractivity contribution in [3.63, 3.8) is 0 Å². The summed E-state index contributed by atoms with van der Waals surface area (Å²) in [6.07, 6.45) is 4.96. The number of carbonyl (C=O) groups excluding carboxylic acids is 1. The van der Waals surface area contributed by atoms with Crippen molar-refractivity contribution in [2.45, 2.75) is 25.7 Å². The molecule has 3 rings (SSSR count). The first-order chi connectivity index (χ1) is 12.2. The molecule has 1 saturated heterocycles. The van der Waals surface area contributed by atoms with E-state index in [0.29, 0.717) is 5.56 Å². The van der Waals surface area contributed by atoms with E-state index in [2.05, 4.69) is 10.2 Å². The van der Waals surface area contributed by atoms with Gasteiger partial charge >= 0.3 is 0 Å². The molecule has 0 radical (unpaired) electrons. The van der Waals surface area contributed by atoms with E-state index in [9.17, 15) is 9.90 Å². The first-order valence-electron chi connectivity index (χ1n) is 9.12. The molecular formula is C21H26N2O2. The summed E-state index contributed by atoms with van der Waals surface area (Å²) in [6, 6.07) is 14.6. The Morgan fingerprint density at radius 3 is 2.16 bits per heavy atom. The lowest BCUT2D eigenvalue weighted by Crippen LogP contribution is -2.33. The Labute approximate surface area is 149 Å². The summed E-state index contributed by atoms with van der Waals surface area (Å²) < 4.78 is 0. The zero-order valence-corrected chi connectivity index (χ0v) is 14.6. The van der Waals surface area contributed by atoms with Crippen molar-refractivity contribution in [2.24, 2.45) is 0 Å². The SMILES string of the molecule is O=C(NCCCN1CCCCC1)c1ccc(-c2ccc(O)cc2)cc1. The standard InChI is InChI=1S/C21H26N2O2/c24-20-11-9-18(10-12-20)17-5-7-19(8-6-17)21(25)22-13-4-16-23-14-2-1-3-15-23/h5-12,24H,1-4,13-16H2,(H,22,25). The molecule has 4 heteroatoms. The van der Waals surface area contributed by atoms with Crippen LogP contribution in [-0.4, -0.2) is 42.1 Å². The van der Waals surface area contributed by atoms with E-state index >= 15 is 0 Å². The van der Waals surface area contributed by atoms with E-state index < -0.39 is 0 Å². The number of likely N-dealkylation sites (tertiary alicyclic amines) is 1. The molecular weight excluding hydrogens is 312 g/mol. The molecule has 2 aromatic rings. The molecule has 1 amide bonds. The summed E-state index contributed by atoms with van der Waals surface area (Å²) >= 11 is 0. The van der Waals surface area contributed by atoms with E-state index in [1.807, 2.05) is 36.4 Å². The van der Waals surface area contributed by atoms with Gasteiger partial charge in [-0.3, -0.25) is 4.79 Å². The molecule has 0 spiro atoms. The Balaban J connectivity index is 1.46. The van der Waals surface area contributed by atoms with Crippen molar-refractivity contribution in [3.05, 3.63) is 54.1 Å². The van der Waals surface area contributed by atoms with E-state index in [4.69, 9.17) is 0 Å². The van der Waals surface area contributed by atoms with Gasteiger partial charge in [0.2, 0.25) is 0 Å². The number of nitrogens with one attached hydrogen (secondary N) is 1. The molecule has 0 saturated carbocycles. The lowest BCUT2D eigenvalue weighted by atomic mass is 10.0. The molecule has 0 aliphatic carbocycles. The second-order valence-corrected chi connectivity index (χ2v) is 6.64. The van der Waals surface area contributed by atoms with Crippen molar-refractivity contribution in [1.29, 1.82) is 0 Å². The normalized spacial score (nSPS) is 15.0. The lowest BCUT2D eigenvalue weighted by molar-refractivity contribution is 0.0951. The van der Waals surface area contributed by atoms with Crippen molar-refractivity contribution < 1.29 is 9.90 Å². The third kappa shape index (κ3) is 5.07. The van der Waals surface area contributed by atoms with Gasteiger partial charge in [-0.25, -0.2) is 0 Å². The molecule has 1 heterocycles. The number of benzene rings is 2. The molecule has 1 aliphatic rings. The van der Waals surface area contributed by atoms with Crippen LogP contribution in [0.4, 0.5) is 0 Å². The van der Waals surface area contributed by atoms with Crippen LogP contribution in [0.1, 0.15) is 36.0 Å². The predicted molar refractivity (Wildman–Crippen MR) is 101 cm³/mol. The fraction of sp³-hybridized carbons (Fsp3) is 0.381. The van der Waals surface area contributed by atoms with Crippen LogP contribution in [-0.2, 0) is 0 Å². The van der Waals surface area contributed by atoms with Crippen LogP contribution in [0.3, 0.4) is 0 Å². The number of phenols is 1. The average molecular weight is 338 g/mol.